The van der Waals surface area contributed by atoms with Gasteiger partial charge in [-0.25, -0.2) is 18.7 Å². The number of ether oxygens (including phenoxy) is 1. The van der Waals surface area contributed by atoms with E-state index in [2.05, 4.69) is 44.0 Å². The van der Waals surface area contributed by atoms with E-state index in [-0.39, 0.29) is 34.0 Å². The molecule has 11 heteroatoms. The normalized spacial score (nSPS) is 14.8. The Morgan fingerprint density at radius 2 is 1.88 bits per heavy atom. The molecule has 3 heterocycles. The number of nitrogens with one attached hydrogen (secondary N) is 1. The van der Waals surface area contributed by atoms with Crippen LogP contribution in [0.1, 0.15) is 58.7 Å². The molecule has 2 aliphatic carbocycles. The molecule has 0 aliphatic heterocycles. The molecule has 40 heavy (non-hydrogen) atoms. The van der Waals surface area contributed by atoms with Gasteiger partial charge < -0.3 is 9.64 Å². The number of thiazole rings is 1. The fraction of sp³-hybridized carbons (Fsp3) is 0.345. The largest absolute Gasteiger partial charge is 0.494 e. The lowest BCUT2D eigenvalue weighted by Crippen LogP contribution is -2.30. The molecule has 1 N–H and O–H groups in total. The van der Waals surface area contributed by atoms with Crippen LogP contribution in [0.25, 0.3) is 11.1 Å². The van der Waals surface area contributed by atoms with E-state index in [1.165, 1.54) is 47.9 Å². The SMILES string of the molecule is COc1cnc(C(F)F)cc1-c1cc(C#CC2(C(=O)N(C)C)CC2)ncc1C(=O)Nc1ncc(C#CC2CC2)s1. The Balaban J connectivity index is 1.52. The number of pyridine rings is 2. The highest BCUT2D eigenvalue weighted by atomic mass is 32.1. The van der Waals surface area contributed by atoms with Gasteiger partial charge in [-0.1, -0.05) is 29.1 Å². The molecule has 0 atom stereocenters. The smallest absolute Gasteiger partial charge is 0.280 e. The van der Waals surface area contributed by atoms with Gasteiger partial charge >= 0.3 is 0 Å². The van der Waals surface area contributed by atoms with Crippen LogP contribution in [0, 0.1) is 35.0 Å². The van der Waals surface area contributed by atoms with Gasteiger partial charge in [0.25, 0.3) is 12.3 Å². The molecule has 204 valence electrons. The van der Waals surface area contributed by atoms with Crippen LogP contribution in [0.5, 0.6) is 5.75 Å². The van der Waals surface area contributed by atoms with Crippen LogP contribution in [0.3, 0.4) is 0 Å². The second-order valence-electron chi connectivity index (χ2n) is 9.78. The number of amides is 2. The highest BCUT2D eigenvalue weighted by Gasteiger charge is 2.49. The van der Waals surface area contributed by atoms with Gasteiger partial charge in [0.2, 0.25) is 5.91 Å². The molecule has 0 aromatic carbocycles. The maximum absolute atomic E-state index is 13.6. The summed E-state index contributed by atoms with van der Waals surface area (Å²) in [6.07, 6.45) is 4.75. The van der Waals surface area contributed by atoms with E-state index in [0.29, 0.717) is 23.9 Å². The van der Waals surface area contributed by atoms with E-state index >= 15 is 0 Å². The maximum atomic E-state index is 13.6. The molecule has 0 spiro atoms. The zero-order valence-electron chi connectivity index (χ0n) is 22.0. The minimum atomic E-state index is -2.83. The van der Waals surface area contributed by atoms with Crippen molar-refractivity contribution in [1.82, 2.24) is 19.9 Å². The fourth-order valence-electron chi connectivity index (χ4n) is 3.96. The fourth-order valence-corrected chi connectivity index (χ4v) is 4.64. The number of carbonyl (C=O) groups is 2. The predicted molar refractivity (Wildman–Crippen MR) is 146 cm³/mol. The van der Waals surface area contributed by atoms with Gasteiger partial charge in [0.15, 0.2) is 5.13 Å². The molecule has 3 aromatic rings. The predicted octanol–water partition coefficient (Wildman–Crippen LogP) is 4.78. The van der Waals surface area contributed by atoms with Crippen LogP contribution in [-0.2, 0) is 4.79 Å². The standard InChI is InChI=1S/C29H25F2N5O3S/c1-36(2)27(38)29(10-11-29)9-8-18-12-20(21-13-23(25(30)31)33-16-24(21)39-3)22(15-32-18)26(37)35-28-34-14-19(40-28)7-6-17-4-5-17/h12-17,25H,4-5,10-11H2,1-3H3,(H,34,35,37). The zero-order chi connectivity index (χ0) is 28.4. The van der Waals surface area contributed by atoms with Crippen LogP contribution in [0.15, 0.2) is 30.7 Å². The van der Waals surface area contributed by atoms with Crippen molar-refractivity contribution < 1.29 is 23.1 Å². The third kappa shape index (κ3) is 5.95. The number of alkyl halides is 2. The van der Waals surface area contributed by atoms with Crippen LogP contribution >= 0.6 is 11.3 Å². The number of aromatic nitrogens is 3. The second-order valence-corrected chi connectivity index (χ2v) is 10.8. The number of hydrogen-bond donors (Lipinski definition) is 1. The molecule has 2 fully saturated rings. The first-order valence-corrected chi connectivity index (χ1v) is 13.4. The summed E-state index contributed by atoms with van der Waals surface area (Å²) in [7, 11) is 4.73. The van der Waals surface area contributed by atoms with Gasteiger partial charge in [-0.15, -0.1) is 0 Å². The second kappa shape index (κ2) is 11.0. The summed E-state index contributed by atoms with van der Waals surface area (Å²) in [6.45, 7) is 0. The molecular weight excluding hydrogens is 536 g/mol. The van der Waals surface area contributed by atoms with Crippen molar-refractivity contribution in [3.05, 3.63) is 52.6 Å². The minimum Gasteiger partial charge on any atom is -0.494 e. The van der Waals surface area contributed by atoms with Crippen molar-refractivity contribution >= 4 is 28.3 Å². The van der Waals surface area contributed by atoms with Crippen LogP contribution in [0.4, 0.5) is 13.9 Å². The molecule has 0 bridgehead atoms. The van der Waals surface area contributed by atoms with Crippen molar-refractivity contribution in [1.29, 1.82) is 0 Å². The lowest BCUT2D eigenvalue weighted by atomic mass is 9.99. The zero-order valence-corrected chi connectivity index (χ0v) is 22.9. The first kappa shape index (κ1) is 27.2. The number of rotatable bonds is 6. The molecule has 0 saturated heterocycles. The Kier molecular flexibility index (Phi) is 7.51. The van der Waals surface area contributed by atoms with Crippen LogP contribution in [0.2, 0.25) is 0 Å². The average molecular weight is 562 g/mol. The molecule has 0 radical (unpaired) electrons. The van der Waals surface area contributed by atoms with E-state index in [0.717, 1.165) is 17.7 Å². The average Bonchev–Trinajstić information content (AvgIpc) is 3.88. The Bertz CT molecular complexity index is 1600. The first-order chi connectivity index (χ1) is 19.2. The van der Waals surface area contributed by atoms with E-state index in [1.54, 1.807) is 20.3 Å². The van der Waals surface area contributed by atoms with Crippen molar-refractivity contribution in [3.63, 3.8) is 0 Å². The van der Waals surface area contributed by atoms with Gasteiger partial charge in [0, 0.05) is 37.3 Å². The molecular formula is C29H25F2N5O3S. The molecule has 0 unspecified atom stereocenters. The van der Waals surface area contributed by atoms with Gasteiger partial charge in [-0.2, -0.15) is 0 Å². The highest BCUT2D eigenvalue weighted by Crippen LogP contribution is 2.46. The third-order valence-electron chi connectivity index (χ3n) is 6.47. The first-order valence-electron chi connectivity index (χ1n) is 12.6. The maximum Gasteiger partial charge on any atom is 0.280 e. The Hall–Kier alpha value is -4.35. The summed E-state index contributed by atoms with van der Waals surface area (Å²) in [5, 5.41) is 3.09. The number of halogens is 2. The van der Waals surface area contributed by atoms with Crippen LogP contribution < -0.4 is 10.1 Å². The molecule has 2 amide bonds. The summed E-state index contributed by atoms with van der Waals surface area (Å²) in [6, 6.07) is 2.71. The number of carbonyl (C=O) groups excluding carboxylic acids is 2. The third-order valence-corrected chi connectivity index (χ3v) is 7.30. The Morgan fingerprint density at radius 1 is 1.10 bits per heavy atom. The molecule has 5 rings (SSSR count). The molecule has 2 aliphatic rings. The van der Waals surface area contributed by atoms with Gasteiger partial charge in [0.05, 0.1) is 29.9 Å². The topological polar surface area (TPSA) is 97.3 Å². The molecule has 8 nitrogen and oxygen atoms in total. The van der Waals surface area contributed by atoms with Crippen molar-refractivity contribution in [2.24, 2.45) is 11.3 Å². The lowest BCUT2D eigenvalue weighted by molar-refractivity contribution is -0.132. The number of methoxy groups -OCH3 is 1. The van der Waals surface area contributed by atoms with Crippen LogP contribution in [-0.4, -0.2) is 52.9 Å². The number of anilines is 1. The van der Waals surface area contributed by atoms with Crippen molar-refractivity contribution in [2.75, 3.05) is 26.5 Å². The van der Waals surface area contributed by atoms with E-state index in [1.807, 2.05) is 0 Å². The van der Waals surface area contributed by atoms with E-state index in [4.69, 9.17) is 4.74 Å². The minimum absolute atomic E-state index is 0.0850. The van der Waals surface area contributed by atoms with Crippen molar-refractivity contribution in [2.45, 2.75) is 32.1 Å². The Morgan fingerprint density at radius 3 is 2.52 bits per heavy atom. The summed E-state index contributed by atoms with van der Waals surface area (Å²) < 4.78 is 32.5. The number of nitrogens with zero attached hydrogens (tertiary/aromatic N) is 4. The van der Waals surface area contributed by atoms with Gasteiger partial charge in [-0.05, 0) is 43.7 Å². The van der Waals surface area contributed by atoms with Crippen molar-refractivity contribution in [3.8, 4) is 40.6 Å². The summed E-state index contributed by atoms with van der Waals surface area (Å²) in [5.41, 5.74) is -0.367. The van der Waals surface area contributed by atoms with E-state index < -0.39 is 23.4 Å². The Labute approximate surface area is 234 Å². The molecule has 2 saturated carbocycles. The molecule has 3 aromatic heterocycles. The van der Waals surface area contributed by atoms with Gasteiger partial charge in [-0.3, -0.25) is 19.9 Å². The summed E-state index contributed by atoms with van der Waals surface area (Å²) in [5.74, 6) is 12.2. The van der Waals surface area contributed by atoms with Gasteiger partial charge in [0.1, 0.15) is 22.6 Å². The number of hydrogen-bond acceptors (Lipinski definition) is 7. The van der Waals surface area contributed by atoms with E-state index in [9.17, 15) is 18.4 Å². The quantitative estimate of drug-likeness (QED) is 0.435. The highest BCUT2D eigenvalue weighted by molar-refractivity contribution is 7.16. The summed E-state index contributed by atoms with van der Waals surface area (Å²) in [4.78, 5) is 40.5. The lowest BCUT2D eigenvalue weighted by Gasteiger charge is -2.15. The summed E-state index contributed by atoms with van der Waals surface area (Å²) >= 11 is 1.24. The monoisotopic (exact) mass is 561 g/mol.